The molecule has 1 aromatic carbocycles. The summed E-state index contributed by atoms with van der Waals surface area (Å²) in [7, 11) is -1.46. The predicted molar refractivity (Wildman–Crippen MR) is 59.2 cm³/mol. The second kappa shape index (κ2) is 4.68. The molecule has 0 atom stereocenters. The van der Waals surface area contributed by atoms with Crippen molar-refractivity contribution >= 4 is 12.6 Å². The molecule has 2 rings (SSSR count). The van der Waals surface area contributed by atoms with Gasteiger partial charge in [0.05, 0.1) is 6.10 Å². The lowest BCUT2D eigenvalue weighted by Crippen LogP contribution is -2.32. The first-order valence-corrected chi connectivity index (χ1v) is 5.39. The Morgan fingerprint density at radius 3 is 2.47 bits per heavy atom. The van der Waals surface area contributed by atoms with Crippen molar-refractivity contribution < 1.29 is 14.8 Å². The highest BCUT2D eigenvalue weighted by atomic mass is 16.5. The number of ether oxygens (including phenoxy) is 1. The molecule has 0 aromatic heterocycles. The molecule has 4 heteroatoms. The van der Waals surface area contributed by atoms with Crippen molar-refractivity contribution in [2.45, 2.75) is 31.8 Å². The van der Waals surface area contributed by atoms with Crippen molar-refractivity contribution in [1.82, 2.24) is 0 Å². The van der Waals surface area contributed by atoms with Crippen LogP contribution in [0.15, 0.2) is 24.3 Å². The van der Waals surface area contributed by atoms with Crippen molar-refractivity contribution in [2.75, 3.05) is 0 Å². The summed E-state index contributed by atoms with van der Waals surface area (Å²) in [6.45, 7) is 0. The van der Waals surface area contributed by atoms with Gasteiger partial charge in [-0.15, -0.1) is 0 Å². The molecule has 0 bridgehead atoms. The van der Waals surface area contributed by atoms with Crippen LogP contribution in [0.3, 0.4) is 0 Å². The molecule has 1 aromatic rings. The molecule has 1 saturated carbocycles. The zero-order chi connectivity index (χ0) is 10.7. The number of hydrogen-bond donors (Lipinski definition) is 2. The summed E-state index contributed by atoms with van der Waals surface area (Å²) in [4.78, 5) is 0. The van der Waals surface area contributed by atoms with Gasteiger partial charge in [-0.3, -0.25) is 0 Å². The van der Waals surface area contributed by atoms with Crippen LogP contribution in [0, 0.1) is 0 Å². The van der Waals surface area contributed by atoms with Crippen LogP contribution in [-0.4, -0.2) is 23.3 Å². The average Bonchev–Trinajstić information content (AvgIpc) is 2.71. The van der Waals surface area contributed by atoms with Crippen LogP contribution in [0.2, 0.25) is 0 Å². The molecule has 0 aliphatic heterocycles. The quantitative estimate of drug-likeness (QED) is 0.715. The second-order valence-corrected chi connectivity index (χ2v) is 3.94. The SMILES string of the molecule is OB(O)c1ccccc1OC1CCCC1. The fourth-order valence-electron chi connectivity index (χ4n) is 1.99. The van der Waals surface area contributed by atoms with Gasteiger partial charge in [0, 0.05) is 5.46 Å². The van der Waals surface area contributed by atoms with E-state index in [2.05, 4.69) is 0 Å². The van der Waals surface area contributed by atoms with Gasteiger partial charge in [-0.25, -0.2) is 0 Å². The maximum absolute atomic E-state index is 9.15. The molecule has 2 N–H and O–H groups in total. The van der Waals surface area contributed by atoms with Crippen LogP contribution in [0.4, 0.5) is 0 Å². The maximum Gasteiger partial charge on any atom is 0.492 e. The Morgan fingerprint density at radius 1 is 1.13 bits per heavy atom. The highest BCUT2D eigenvalue weighted by Gasteiger charge is 2.21. The van der Waals surface area contributed by atoms with Crippen molar-refractivity contribution in [2.24, 2.45) is 0 Å². The molecule has 0 heterocycles. The fourth-order valence-corrected chi connectivity index (χ4v) is 1.99. The molecule has 0 radical (unpaired) electrons. The average molecular weight is 206 g/mol. The van der Waals surface area contributed by atoms with Crippen molar-refractivity contribution in [3.8, 4) is 5.75 Å². The highest BCUT2D eigenvalue weighted by Crippen LogP contribution is 2.23. The van der Waals surface area contributed by atoms with Gasteiger partial charge in [0.15, 0.2) is 0 Å². The van der Waals surface area contributed by atoms with Gasteiger partial charge in [0.2, 0.25) is 0 Å². The van der Waals surface area contributed by atoms with Crippen LogP contribution in [0.1, 0.15) is 25.7 Å². The minimum atomic E-state index is -1.46. The lowest BCUT2D eigenvalue weighted by molar-refractivity contribution is 0.211. The largest absolute Gasteiger partial charge is 0.492 e. The number of hydrogen-bond acceptors (Lipinski definition) is 3. The van der Waals surface area contributed by atoms with Crippen LogP contribution in [0.25, 0.3) is 0 Å². The summed E-state index contributed by atoms with van der Waals surface area (Å²) < 4.78 is 5.75. The predicted octanol–water partition coefficient (Wildman–Crippen LogP) is 0.688. The Bertz CT molecular complexity index is 321. The summed E-state index contributed by atoms with van der Waals surface area (Å²) in [6.07, 6.45) is 4.78. The van der Waals surface area contributed by atoms with Gasteiger partial charge < -0.3 is 14.8 Å². The first-order chi connectivity index (χ1) is 7.27. The van der Waals surface area contributed by atoms with Crippen LogP contribution in [-0.2, 0) is 0 Å². The number of rotatable bonds is 3. The Morgan fingerprint density at radius 2 is 1.80 bits per heavy atom. The van der Waals surface area contributed by atoms with Crippen LogP contribution < -0.4 is 10.2 Å². The first kappa shape index (κ1) is 10.5. The first-order valence-electron chi connectivity index (χ1n) is 5.39. The van der Waals surface area contributed by atoms with E-state index in [4.69, 9.17) is 14.8 Å². The summed E-state index contributed by atoms with van der Waals surface area (Å²) >= 11 is 0. The zero-order valence-corrected chi connectivity index (χ0v) is 8.60. The molecule has 0 saturated heterocycles. The van der Waals surface area contributed by atoms with Gasteiger partial charge in [-0.05, 0) is 31.7 Å². The molecule has 1 aliphatic carbocycles. The Labute approximate surface area is 89.8 Å². The maximum atomic E-state index is 9.15. The standard InChI is InChI=1S/C11H15BO3/c13-12(14)10-7-3-4-8-11(10)15-9-5-1-2-6-9/h3-4,7-9,13-14H,1-2,5-6H2. The highest BCUT2D eigenvalue weighted by molar-refractivity contribution is 6.59. The monoisotopic (exact) mass is 206 g/mol. The third-order valence-electron chi connectivity index (χ3n) is 2.79. The molecule has 15 heavy (non-hydrogen) atoms. The Hall–Kier alpha value is -0.995. The third-order valence-corrected chi connectivity index (χ3v) is 2.79. The van der Waals surface area contributed by atoms with E-state index in [-0.39, 0.29) is 6.10 Å². The summed E-state index contributed by atoms with van der Waals surface area (Å²) in [5.41, 5.74) is 0.449. The van der Waals surface area contributed by atoms with E-state index in [1.807, 2.05) is 6.07 Å². The van der Waals surface area contributed by atoms with Gasteiger partial charge >= 0.3 is 7.12 Å². The number of benzene rings is 1. The smallest absolute Gasteiger partial charge is 0.491 e. The molecule has 3 nitrogen and oxygen atoms in total. The van der Waals surface area contributed by atoms with E-state index >= 15 is 0 Å². The van der Waals surface area contributed by atoms with E-state index < -0.39 is 7.12 Å². The molecule has 0 unspecified atom stereocenters. The lowest BCUT2D eigenvalue weighted by atomic mass is 9.79. The van der Waals surface area contributed by atoms with Gasteiger partial charge in [-0.1, -0.05) is 18.2 Å². The summed E-state index contributed by atoms with van der Waals surface area (Å²) in [5, 5.41) is 18.3. The zero-order valence-electron chi connectivity index (χ0n) is 8.60. The van der Waals surface area contributed by atoms with E-state index in [1.54, 1.807) is 18.2 Å². The Kier molecular flexibility index (Phi) is 3.28. The fraction of sp³-hybridized carbons (Fsp3) is 0.455. The molecule has 0 spiro atoms. The number of para-hydroxylation sites is 1. The van der Waals surface area contributed by atoms with Gasteiger partial charge in [-0.2, -0.15) is 0 Å². The molecule has 0 amide bonds. The van der Waals surface area contributed by atoms with Gasteiger partial charge in [0.25, 0.3) is 0 Å². The molecule has 80 valence electrons. The molecule has 1 aliphatic rings. The van der Waals surface area contributed by atoms with Crippen molar-refractivity contribution in [1.29, 1.82) is 0 Å². The third kappa shape index (κ3) is 2.52. The van der Waals surface area contributed by atoms with E-state index in [0.29, 0.717) is 11.2 Å². The van der Waals surface area contributed by atoms with Crippen LogP contribution >= 0.6 is 0 Å². The minimum Gasteiger partial charge on any atom is -0.491 e. The van der Waals surface area contributed by atoms with E-state index in [0.717, 1.165) is 12.8 Å². The van der Waals surface area contributed by atoms with Crippen molar-refractivity contribution in [3.63, 3.8) is 0 Å². The van der Waals surface area contributed by atoms with Crippen molar-refractivity contribution in [3.05, 3.63) is 24.3 Å². The molecular weight excluding hydrogens is 191 g/mol. The van der Waals surface area contributed by atoms with Gasteiger partial charge in [0.1, 0.15) is 5.75 Å². The second-order valence-electron chi connectivity index (χ2n) is 3.94. The topological polar surface area (TPSA) is 49.7 Å². The lowest BCUT2D eigenvalue weighted by Gasteiger charge is -2.15. The van der Waals surface area contributed by atoms with E-state index in [9.17, 15) is 0 Å². The molecule has 1 fully saturated rings. The normalized spacial score (nSPS) is 16.7. The summed E-state index contributed by atoms with van der Waals surface area (Å²) in [6, 6.07) is 7.08. The molecular formula is C11H15BO3. The van der Waals surface area contributed by atoms with E-state index in [1.165, 1.54) is 12.8 Å². The summed E-state index contributed by atoms with van der Waals surface area (Å²) in [5.74, 6) is 0.597. The van der Waals surface area contributed by atoms with Crippen LogP contribution in [0.5, 0.6) is 5.75 Å². The Balaban J connectivity index is 2.12. The minimum absolute atomic E-state index is 0.241.